The lowest BCUT2D eigenvalue weighted by Gasteiger charge is -1.83. The quantitative estimate of drug-likeness (QED) is 0.585. The lowest BCUT2D eigenvalue weighted by molar-refractivity contribution is 1.33. The smallest absolute Gasteiger partial charge is 0.0116 e. The van der Waals surface area contributed by atoms with Crippen LogP contribution in [0.2, 0.25) is 0 Å². The molecule has 0 aromatic rings. The summed E-state index contributed by atoms with van der Waals surface area (Å²) in [6.45, 7) is 1.83. The van der Waals surface area contributed by atoms with E-state index in [4.69, 9.17) is 11.5 Å². The van der Waals surface area contributed by atoms with Crippen molar-refractivity contribution in [3.05, 3.63) is 22.7 Å². The zero-order chi connectivity index (χ0) is 6.41. The summed E-state index contributed by atoms with van der Waals surface area (Å²) in [5.74, 6) is 0. The van der Waals surface area contributed by atoms with Crippen LogP contribution in [0.4, 0.5) is 0 Å². The van der Waals surface area contributed by atoms with Crippen molar-refractivity contribution in [3.63, 3.8) is 0 Å². The molecule has 0 unspecified atom stereocenters. The summed E-state index contributed by atoms with van der Waals surface area (Å²) < 4.78 is 0. The number of rotatable bonds is 2. The molecule has 0 aliphatic heterocycles. The lowest BCUT2D eigenvalue weighted by atomic mass is 10.6. The van der Waals surface area contributed by atoms with Gasteiger partial charge in [-0.2, -0.15) is 0 Å². The van der Waals surface area contributed by atoms with E-state index in [1.165, 1.54) is 18.0 Å². The minimum atomic E-state index is 0.799. The first-order valence-electron chi connectivity index (χ1n) is 2.22. The first-order chi connectivity index (χ1) is 3.77. The molecule has 0 heterocycles. The van der Waals surface area contributed by atoms with Crippen LogP contribution in [0.3, 0.4) is 0 Å². The molecule has 0 aliphatic rings. The van der Waals surface area contributed by atoms with Gasteiger partial charge in [-0.25, -0.2) is 0 Å². The Kier molecular flexibility index (Phi) is 4.26. The van der Waals surface area contributed by atoms with Crippen LogP contribution in [0, 0.1) is 0 Å². The fourth-order valence-corrected chi connectivity index (χ4v) is 0.576. The van der Waals surface area contributed by atoms with Crippen LogP contribution in [-0.2, 0) is 0 Å². The van der Waals surface area contributed by atoms with Crippen molar-refractivity contribution in [2.24, 2.45) is 11.5 Å². The van der Waals surface area contributed by atoms with Gasteiger partial charge in [0.05, 0.1) is 0 Å². The molecule has 0 spiro atoms. The Morgan fingerprint density at radius 3 is 2.62 bits per heavy atom. The van der Waals surface area contributed by atoms with Gasteiger partial charge in [0, 0.05) is 11.9 Å². The van der Waals surface area contributed by atoms with Crippen LogP contribution in [0.15, 0.2) is 22.7 Å². The standard InChI is InChI=1S/C5H10N2S/c1-5(7)4-8-3-2-6/h2-4H,6-7H2,1H3/b3-2-,5-4+. The van der Waals surface area contributed by atoms with Crippen LogP contribution >= 0.6 is 11.8 Å². The number of allylic oxidation sites excluding steroid dienone is 1. The molecule has 0 bridgehead atoms. The number of hydrogen-bond acceptors (Lipinski definition) is 3. The van der Waals surface area contributed by atoms with Gasteiger partial charge >= 0.3 is 0 Å². The molecule has 0 radical (unpaired) electrons. The van der Waals surface area contributed by atoms with Gasteiger partial charge in [0.2, 0.25) is 0 Å². The van der Waals surface area contributed by atoms with Gasteiger partial charge in [-0.3, -0.25) is 0 Å². The van der Waals surface area contributed by atoms with E-state index in [-0.39, 0.29) is 0 Å². The molecule has 0 aromatic carbocycles. The summed E-state index contributed by atoms with van der Waals surface area (Å²) >= 11 is 1.47. The number of hydrogen-bond donors (Lipinski definition) is 2. The molecule has 0 rings (SSSR count). The predicted octanol–water partition coefficient (Wildman–Crippen LogP) is 0.970. The van der Waals surface area contributed by atoms with Crippen LogP contribution in [0.25, 0.3) is 0 Å². The van der Waals surface area contributed by atoms with E-state index in [9.17, 15) is 0 Å². The van der Waals surface area contributed by atoms with Crippen molar-refractivity contribution >= 4 is 11.8 Å². The van der Waals surface area contributed by atoms with E-state index in [0.717, 1.165) is 5.70 Å². The molecule has 0 fully saturated rings. The first-order valence-corrected chi connectivity index (χ1v) is 3.16. The van der Waals surface area contributed by atoms with E-state index in [0.29, 0.717) is 0 Å². The van der Waals surface area contributed by atoms with Crippen molar-refractivity contribution in [1.29, 1.82) is 0 Å². The van der Waals surface area contributed by atoms with Crippen LogP contribution in [0.5, 0.6) is 0 Å². The van der Waals surface area contributed by atoms with Crippen LogP contribution in [-0.4, -0.2) is 0 Å². The zero-order valence-electron chi connectivity index (χ0n) is 4.79. The maximum absolute atomic E-state index is 5.30. The molecule has 3 heteroatoms. The fourth-order valence-electron chi connectivity index (χ4n) is 0.192. The Labute approximate surface area is 53.6 Å². The average molecular weight is 130 g/mol. The maximum Gasteiger partial charge on any atom is 0.0116 e. The highest BCUT2D eigenvalue weighted by molar-refractivity contribution is 8.04. The molecule has 0 saturated heterocycles. The van der Waals surface area contributed by atoms with Gasteiger partial charge in [0.15, 0.2) is 0 Å². The average Bonchev–Trinajstić information content (AvgIpc) is 1.66. The summed E-state index contributed by atoms with van der Waals surface area (Å²) in [6.07, 6.45) is 1.48. The Morgan fingerprint density at radius 2 is 2.25 bits per heavy atom. The van der Waals surface area contributed by atoms with Crippen molar-refractivity contribution < 1.29 is 0 Å². The van der Waals surface area contributed by atoms with E-state index >= 15 is 0 Å². The van der Waals surface area contributed by atoms with Gasteiger partial charge in [-0.05, 0) is 17.7 Å². The lowest BCUT2D eigenvalue weighted by Crippen LogP contribution is -1.86. The van der Waals surface area contributed by atoms with Crippen molar-refractivity contribution in [2.45, 2.75) is 6.92 Å². The van der Waals surface area contributed by atoms with Crippen molar-refractivity contribution in [3.8, 4) is 0 Å². The summed E-state index contributed by atoms with van der Waals surface area (Å²) in [7, 11) is 0. The largest absolute Gasteiger partial charge is 0.404 e. The topological polar surface area (TPSA) is 52.0 Å². The second-order valence-corrected chi connectivity index (χ2v) is 2.11. The monoisotopic (exact) mass is 130 g/mol. The summed E-state index contributed by atoms with van der Waals surface area (Å²) in [4.78, 5) is 0. The maximum atomic E-state index is 5.30. The SMILES string of the molecule is C/C(N)=C\S/C=C\N. The number of nitrogens with two attached hydrogens (primary N) is 2. The van der Waals surface area contributed by atoms with Gasteiger partial charge in [0.1, 0.15) is 0 Å². The molecule has 0 aromatic heterocycles. The molecule has 0 atom stereocenters. The van der Waals surface area contributed by atoms with E-state index in [2.05, 4.69) is 0 Å². The number of thioether (sulfide) groups is 1. The molecule has 8 heavy (non-hydrogen) atoms. The minimum absolute atomic E-state index is 0.799. The molecule has 46 valence electrons. The van der Waals surface area contributed by atoms with Gasteiger partial charge in [-0.1, -0.05) is 0 Å². The van der Waals surface area contributed by atoms with Gasteiger partial charge in [-0.15, -0.1) is 11.8 Å². The van der Waals surface area contributed by atoms with Crippen molar-refractivity contribution in [2.75, 3.05) is 0 Å². The predicted molar refractivity (Wildman–Crippen MR) is 38.9 cm³/mol. The summed E-state index contributed by atoms with van der Waals surface area (Å²) in [5.41, 5.74) is 11.1. The van der Waals surface area contributed by atoms with Gasteiger partial charge in [0.25, 0.3) is 0 Å². The molecule has 2 nitrogen and oxygen atoms in total. The third-order valence-corrected chi connectivity index (χ3v) is 1.23. The third kappa shape index (κ3) is 5.43. The normalized spacial score (nSPS) is 12.9. The van der Waals surface area contributed by atoms with Crippen LogP contribution in [0.1, 0.15) is 6.92 Å². The highest BCUT2D eigenvalue weighted by atomic mass is 32.2. The van der Waals surface area contributed by atoms with E-state index in [1.807, 2.05) is 12.3 Å². The fraction of sp³-hybridized carbons (Fsp3) is 0.200. The Hall–Kier alpha value is -0.570. The third-order valence-electron chi connectivity index (χ3n) is 0.411. The summed E-state index contributed by atoms with van der Waals surface area (Å²) in [6, 6.07) is 0. The van der Waals surface area contributed by atoms with E-state index < -0.39 is 0 Å². The molecule has 0 saturated carbocycles. The molecular weight excluding hydrogens is 120 g/mol. The Balaban J connectivity index is 3.30. The molecule has 0 amide bonds. The van der Waals surface area contributed by atoms with Crippen molar-refractivity contribution in [1.82, 2.24) is 0 Å². The van der Waals surface area contributed by atoms with Crippen LogP contribution < -0.4 is 11.5 Å². The molecular formula is C5H10N2S. The Morgan fingerprint density at radius 1 is 1.62 bits per heavy atom. The highest BCUT2D eigenvalue weighted by Crippen LogP contribution is 2.03. The highest BCUT2D eigenvalue weighted by Gasteiger charge is 1.72. The molecule has 0 aliphatic carbocycles. The second kappa shape index (κ2) is 4.59. The zero-order valence-corrected chi connectivity index (χ0v) is 5.61. The molecule has 4 N–H and O–H groups in total. The second-order valence-electron chi connectivity index (χ2n) is 1.33. The minimum Gasteiger partial charge on any atom is -0.404 e. The van der Waals surface area contributed by atoms with Gasteiger partial charge < -0.3 is 11.5 Å². The first kappa shape index (κ1) is 7.43. The summed E-state index contributed by atoms with van der Waals surface area (Å²) in [5, 5.41) is 3.58. The van der Waals surface area contributed by atoms with E-state index in [1.54, 1.807) is 5.41 Å². The Bertz CT molecular complexity index is 103.